The van der Waals surface area contributed by atoms with Crippen LogP contribution in [0.4, 0.5) is 0 Å². The third-order valence-electron chi connectivity index (χ3n) is 0.365. The molecule has 0 aliphatic rings. The Bertz CT molecular complexity index is 75.7. The van der Waals surface area contributed by atoms with E-state index in [4.69, 9.17) is 5.11 Å². The van der Waals surface area contributed by atoms with E-state index in [1.807, 2.05) is 0 Å². The molecule has 0 aromatic carbocycles. The zero-order valence-corrected chi connectivity index (χ0v) is 3.56. The van der Waals surface area contributed by atoms with Gasteiger partial charge in [-0.15, -0.1) is 0 Å². The second kappa shape index (κ2) is 4.84. The van der Waals surface area contributed by atoms with E-state index in [-0.39, 0.29) is 51.1 Å². The Hall–Kier alpha value is 0.691. The zero-order chi connectivity index (χ0) is 5.15. The molecule has 0 aliphatic carbocycles. The number of carbonyl (C=O) groups is 1. The molecular formula is C4H8O2Sr. The zero-order valence-electron chi connectivity index (χ0n) is 3.56. The van der Waals surface area contributed by atoms with Gasteiger partial charge >= 0.3 is 51.5 Å². The molecule has 0 rings (SSSR count). The van der Waals surface area contributed by atoms with Gasteiger partial charge in [-0.25, -0.2) is 4.79 Å². The second-order valence-corrected chi connectivity index (χ2v) is 1.09. The van der Waals surface area contributed by atoms with Crippen molar-refractivity contribution in [3.05, 3.63) is 12.2 Å². The maximum atomic E-state index is 9.60. The van der Waals surface area contributed by atoms with Crippen LogP contribution in [0.5, 0.6) is 0 Å². The summed E-state index contributed by atoms with van der Waals surface area (Å²) >= 11 is 0. The van der Waals surface area contributed by atoms with E-state index in [1.165, 1.54) is 6.92 Å². The quantitative estimate of drug-likeness (QED) is 0.440. The minimum atomic E-state index is -0.935. The van der Waals surface area contributed by atoms with Crippen LogP contribution >= 0.6 is 0 Å². The Labute approximate surface area is 79.5 Å². The molecule has 0 saturated carbocycles. The van der Waals surface area contributed by atoms with Gasteiger partial charge in [-0.3, -0.25) is 0 Å². The first-order valence-corrected chi connectivity index (χ1v) is 1.53. The van der Waals surface area contributed by atoms with Gasteiger partial charge in [0, 0.05) is 5.57 Å². The summed E-state index contributed by atoms with van der Waals surface area (Å²) in [5.74, 6) is -0.935. The Morgan fingerprint density at radius 3 is 1.86 bits per heavy atom. The van der Waals surface area contributed by atoms with Crippen molar-refractivity contribution in [2.45, 2.75) is 6.92 Å². The average Bonchev–Trinajstić information content (AvgIpc) is 1.36. The van der Waals surface area contributed by atoms with Crippen molar-refractivity contribution in [2.24, 2.45) is 0 Å². The number of hydrogen-bond donors (Lipinski definition) is 1. The van der Waals surface area contributed by atoms with E-state index in [0.717, 1.165) is 0 Å². The van der Waals surface area contributed by atoms with E-state index >= 15 is 0 Å². The fourth-order valence-electron chi connectivity index (χ4n) is 0. The molecule has 0 aliphatic heterocycles. The van der Waals surface area contributed by atoms with Crippen LogP contribution in [0, 0.1) is 0 Å². The fourth-order valence-corrected chi connectivity index (χ4v) is 0. The van der Waals surface area contributed by atoms with Crippen molar-refractivity contribution in [1.29, 1.82) is 0 Å². The van der Waals surface area contributed by atoms with E-state index in [9.17, 15) is 4.79 Å². The van der Waals surface area contributed by atoms with Gasteiger partial charge in [0.15, 0.2) is 0 Å². The van der Waals surface area contributed by atoms with Crippen LogP contribution in [0.15, 0.2) is 12.2 Å². The minimum absolute atomic E-state index is 0. The monoisotopic (exact) mass is 176 g/mol. The summed E-state index contributed by atoms with van der Waals surface area (Å²) in [6.45, 7) is 4.60. The average molecular weight is 176 g/mol. The summed E-state index contributed by atoms with van der Waals surface area (Å²) in [6.07, 6.45) is 0. The topological polar surface area (TPSA) is 37.3 Å². The van der Waals surface area contributed by atoms with Gasteiger partial charge in [0.05, 0.1) is 0 Å². The van der Waals surface area contributed by atoms with Crippen molar-refractivity contribution in [2.75, 3.05) is 0 Å². The van der Waals surface area contributed by atoms with Gasteiger partial charge in [-0.05, 0) is 6.92 Å². The van der Waals surface area contributed by atoms with E-state index in [0.29, 0.717) is 0 Å². The van der Waals surface area contributed by atoms with Crippen LogP contribution in [0.1, 0.15) is 6.92 Å². The molecular weight excluding hydrogens is 168 g/mol. The third kappa shape index (κ3) is 6.69. The van der Waals surface area contributed by atoms with E-state index in [1.54, 1.807) is 0 Å². The molecule has 0 bridgehead atoms. The van der Waals surface area contributed by atoms with E-state index < -0.39 is 5.97 Å². The predicted octanol–water partition coefficient (Wildman–Crippen LogP) is -0.269. The van der Waals surface area contributed by atoms with Crippen molar-refractivity contribution in [3.8, 4) is 0 Å². The van der Waals surface area contributed by atoms with Crippen LogP contribution in [-0.4, -0.2) is 56.6 Å². The van der Waals surface area contributed by atoms with Crippen LogP contribution in [0.25, 0.3) is 0 Å². The summed E-state index contributed by atoms with van der Waals surface area (Å²) < 4.78 is 0. The first kappa shape index (κ1) is 10.6. The molecule has 0 amide bonds. The van der Waals surface area contributed by atoms with Gasteiger partial charge < -0.3 is 5.11 Å². The molecule has 0 aromatic heterocycles. The summed E-state index contributed by atoms with van der Waals surface area (Å²) in [6, 6.07) is 0. The SMILES string of the molecule is C=C(C)C(=O)O.[SrH2]. The molecule has 0 atom stereocenters. The molecule has 0 fully saturated rings. The number of aliphatic carboxylic acids is 1. The first-order valence-electron chi connectivity index (χ1n) is 1.53. The Morgan fingerprint density at radius 1 is 1.71 bits per heavy atom. The molecule has 0 unspecified atom stereocenters. The summed E-state index contributed by atoms with van der Waals surface area (Å²) in [7, 11) is 0. The van der Waals surface area contributed by atoms with Gasteiger partial charge in [-0.1, -0.05) is 6.58 Å². The molecule has 0 radical (unpaired) electrons. The number of rotatable bonds is 1. The van der Waals surface area contributed by atoms with Crippen LogP contribution in [0.3, 0.4) is 0 Å². The normalized spacial score (nSPS) is 6.43. The van der Waals surface area contributed by atoms with Crippen molar-refractivity contribution < 1.29 is 9.90 Å². The predicted molar refractivity (Wildman–Crippen MR) is 31.0 cm³/mol. The molecule has 7 heavy (non-hydrogen) atoms. The van der Waals surface area contributed by atoms with Gasteiger partial charge in [0.2, 0.25) is 0 Å². The summed E-state index contributed by atoms with van der Waals surface area (Å²) in [5.41, 5.74) is 0.176. The molecule has 38 valence electrons. The first-order chi connectivity index (χ1) is 2.64. The fraction of sp³-hybridized carbons (Fsp3) is 0.250. The Balaban J connectivity index is 0. The molecule has 3 heteroatoms. The van der Waals surface area contributed by atoms with Crippen LogP contribution in [-0.2, 0) is 4.79 Å². The maximum absolute atomic E-state index is 9.60. The molecule has 0 saturated heterocycles. The van der Waals surface area contributed by atoms with Crippen molar-refractivity contribution in [1.82, 2.24) is 0 Å². The summed E-state index contributed by atoms with van der Waals surface area (Å²) in [5, 5.41) is 7.89. The third-order valence-corrected chi connectivity index (χ3v) is 0.365. The second-order valence-electron chi connectivity index (χ2n) is 1.09. The number of carboxylic acid groups (broad SMARTS) is 1. The van der Waals surface area contributed by atoms with Gasteiger partial charge in [0.25, 0.3) is 0 Å². The molecule has 0 spiro atoms. The van der Waals surface area contributed by atoms with Gasteiger partial charge in [0.1, 0.15) is 0 Å². The van der Waals surface area contributed by atoms with Crippen LogP contribution < -0.4 is 0 Å². The molecule has 0 aromatic rings. The van der Waals surface area contributed by atoms with E-state index in [2.05, 4.69) is 6.58 Å². The number of hydrogen-bond acceptors (Lipinski definition) is 1. The Morgan fingerprint density at radius 2 is 1.86 bits per heavy atom. The molecule has 0 heterocycles. The van der Waals surface area contributed by atoms with Gasteiger partial charge in [-0.2, -0.15) is 0 Å². The van der Waals surface area contributed by atoms with Crippen molar-refractivity contribution in [3.63, 3.8) is 0 Å². The summed E-state index contributed by atoms with van der Waals surface area (Å²) in [4.78, 5) is 9.60. The molecule has 1 N–H and O–H groups in total. The molecule has 2 nitrogen and oxygen atoms in total. The standard InChI is InChI=1S/C4H6O2.Sr.2H/c1-3(2)4(5)6;;;/h1H2,2H3,(H,5,6);;;. The Kier molecular flexibility index (Phi) is 7.35. The van der Waals surface area contributed by atoms with Crippen molar-refractivity contribution >= 4 is 51.5 Å². The number of carboxylic acids is 1. The van der Waals surface area contributed by atoms with Crippen LogP contribution in [0.2, 0.25) is 0 Å².